The van der Waals surface area contributed by atoms with Crippen molar-refractivity contribution in [2.75, 3.05) is 11.1 Å². The van der Waals surface area contributed by atoms with E-state index in [9.17, 15) is 4.79 Å². The van der Waals surface area contributed by atoms with Gasteiger partial charge in [0.1, 0.15) is 0 Å². The number of rotatable bonds is 4. The molecule has 1 amide bonds. The third kappa shape index (κ3) is 4.70. The number of allylic oxidation sites excluding steroid dienone is 1. The fraction of sp³-hybridized carbons (Fsp3) is 0.250. The molecule has 0 fully saturated rings. The van der Waals surface area contributed by atoms with Gasteiger partial charge in [0.25, 0.3) is 0 Å². The number of carbonyl (C=O) groups excluding carboxylic acids is 1. The number of benzene rings is 1. The first kappa shape index (κ1) is 11.9. The van der Waals surface area contributed by atoms with Crippen molar-refractivity contribution in [3.05, 3.63) is 35.9 Å². The van der Waals surface area contributed by atoms with Gasteiger partial charge >= 0.3 is 0 Å². The summed E-state index contributed by atoms with van der Waals surface area (Å²) in [6.45, 7) is 1.50. The molecule has 0 aliphatic carbocycles. The van der Waals surface area contributed by atoms with E-state index in [1.54, 1.807) is 0 Å². The van der Waals surface area contributed by atoms with Gasteiger partial charge in [0.05, 0.1) is 0 Å². The Kier molecular flexibility index (Phi) is 4.98. The first-order valence-corrected chi connectivity index (χ1v) is 5.50. The van der Waals surface area contributed by atoms with Crippen molar-refractivity contribution < 1.29 is 4.79 Å². The minimum absolute atomic E-state index is 0.0495. The Bertz CT molecular complexity index is 360. The van der Waals surface area contributed by atoms with Gasteiger partial charge in [-0.25, -0.2) is 0 Å². The molecule has 0 aromatic heterocycles. The van der Waals surface area contributed by atoms with E-state index in [2.05, 4.69) is 24.0 Å². The Labute approximate surface area is 95.8 Å². The standard InChI is InChI=1S/C12H15NOS/c1-10(14)13-12-7-4-6-11(9-12)5-2-3-8-15/h2,4-7,9,15H,3,8H2,1H3,(H,13,14). The number of amides is 1. The Morgan fingerprint density at radius 2 is 2.33 bits per heavy atom. The van der Waals surface area contributed by atoms with E-state index in [1.165, 1.54) is 6.92 Å². The molecule has 0 heterocycles. The van der Waals surface area contributed by atoms with E-state index >= 15 is 0 Å². The average molecular weight is 221 g/mol. The van der Waals surface area contributed by atoms with Gasteiger partial charge in [0, 0.05) is 12.6 Å². The quantitative estimate of drug-likeness (QED) is 0.752. The van der Waals surface area contributed by atoms with Crippen LogP contribution < -0.4 is 5.32 Å². The first-order chi connectivity index (χ1) is 7.22. The second-order valence-electron chi connectivity index (χ2n) is 3.22. The topological polar surface area (TPSA) is 29.1 Å². The Morgan fingerprint density at radius 1 is 1.53 bits per heavy atom. The zero-order valence-electron chi connectivity index (χ0n) is 8.73. The van der Waals surface area contributed by atoms with E-state index in [4.69, 9.17) is 0 Å². The van der Waals surface area contributed by atoms with Crippen LogP contribution in [-0.4, -0.2) is 11.7 Å². The van der Waals surface area contributed by atoms with Crippen LogP contribution in [0.5, 0.6) is 0 Å². The number of hydrogen-bond donors (Lipinski definition) is 2. The molecule has 0 atom stereocenters. The van der Waals surface area contributed by atoms with E-state index in [1.807, 2.05) is 30.3 Å². The molecule has 15 heavy (non-hydrogen) atoms. The molecule has 1 N–H and O–H groups in total. The molecule has 3 heteroatoms. The fourth-order valence-corrected chi connectivity index (χ4v) is 1.37. The molecule has 1 rings (SSSR count). The van der Waals surface area contributed by atoms with Gasteiger partial charge < -0.3 is 5.32 Å². The maximum atomic E-state index is 10.8. The van der Waals surface area contributed by atoms with Crippen LogP contribution in [0.25, 0.3) is 6.08 Å². The monoisotopic (exact) mass is 221 g/mol. The van der Waals surface area contributed by atoms with E-state index in [-0.39, 0.29) is 5.91 Å². The Morgan fingerprint density at radius 3 is 3.00 bits per heavy atom. The normalized spacial score (nSPS) is 10.5. The SMILES string of the molecule is CC(=O)Nc1cccc(C=CCCS)c1. The third-order valence-electron chi connectivity index (χ3n) is 1.81. The number of hydrogen-bond acceptors (Lipinski definition) is 2. The smallest absolute Gasteiger partial charge is 0.221 e. The van der Waals surface area contributed by atoms with Gasteiger partial charge in [-0.15, -0.1) is 0 Å². The highest BCUT2D eigenvalue weighted by Crippen LogP contribution is 2.12. The average Bonchev–Trinajstić information content (AvgIpc) is 2.18. The summed E-state index contributed by atoms with van der Waals surface area (Å²) in [5, 5.41) is 2.75. The highest BCUT2D eigenvalue weighted by molar-refractivity contribution is 7.80. The van der Waals surface area contributed by atoms with Crippen LogP contribution in [0.3, 0.4) is 0 Å². The summed E-state index contributed by atoms with van der Waals surface area (Å²) in [6, 6.07) is 7.74. The molecule has 2 nitrogen and oxygen atoms in total. The lowest BCUT2D eigenvalue weighted by atomic mass is 10.2. The zero-order valence-corrected chi connectivity index (χ0v) is 9.63. The van der Waals surface area contributed by atoms with Crippen LogP contribution in [0.2, 0.25) is 0 Å². The molecule has 0 aliphatic heterocycles. The first-order valence-electron chi connectivity index (χ1n) is 4.87. The zero-order chi connectivity index (χ0) is 11.1. The van der Waals surface area contributed by atoms with Gasteiger partial charge in [-0.3, -0.25) is 4.79 Å². The van der Waals surface area contributed by atoms with Gasteiger partial charge in [0.2, 0.25) is 5.91 Å². The Balaban J connectivity index is 2.69. The van der Waals surface area contributed by atoms with Crippen LogP contribution in [0.4, 0.5) is 5.69 Å². The molecule has 0 aliphatic rings. The predicted molar refractivity (Wildman–Crippen MR) is 68.2 cm³/mol. The molecule has 0 radical (unpaired) electrons. The number of thiol groups is 1. The summed E-state index contributed by atoms with van der Waals surface area (Å²) >= 11 is 4.12. The van der Waals surface area contributed by atoms with Crippen LogP contribution in [0.1, 0.15) is 18.9 Å². The largest absolute Gasteiger partial charge is 0.326 e. The molecule has 0 saturated heterocycles. The van der Waals surface area contributed by atoms with Gasteiger partial charge in [-0.1, -0.05) is 24.3 Å². The van der Waals surface area contributed by atoms with Crippen LogP contribution in [-0.2, 0) is 4.79 Å². The minimum atomic E-state index is -0.0495. The van der Waals surface area contributed by atoms with Crippen LogP contribution >= 0.6 is 12.6 Å². The molecule has 0 unspecified atom stereocenters. The molecular formula is C12H15NOS. The summed E-state index contributed by atoms with van der Waals surface area (Å²) in [4.78, 5) is 10.8. The molecule has 0 bridgehead atoms. The van der Waals surface area contributed by atoms with E-state index in [0.29, 0.717) is 0 Å². The molecular weight excluding hydrogens is 206 g/mol. The highest BCUT2D eigenvalue weighted by Gasteiger charge is 1.94. The van der Waals surface area contributed by atoms with Crippen molar-refractivity contribution in [1.29, 1.82) is 0 Å². The van der Waals surface area contributed by atoms with Crippen molar-refractivity contribution >= 4 is 30.3 Å². The number of carbonyl (C=O) groups is 1. The lowest BCUT2D eigenvalue weighted by Gasteiger charge is -2.02. The van der Waals surface area contributed by atoms with Gasteiger partial charge in [0.15, 0.2) is 0 Å². The summed E-state index contributed by atoms with van der Waals surface area (Å²) in [5.41, 5.74) is 1.92. The van der Waals surface area contributed by atoms with Crippen molar-refractivity contribution in [1.82, 2.24) is 0 Å². The van der Waals surface area contributed by atoms with Crippen molar-refractivity contribution in [3.8, 4) is 0 Å². The number of nitrogens with one attached hydrogen (secondary N) is 1. The molecule has 1 aromatic carbocycles. The molecule has 80 valence electrons. The van der Waals surface area contributed by atoms with Crippen molar-refractivity contribution in [2.45, 2.75) is 13.3 Å². The summed E-state index contributed by atoms with van der Waals surface area (Å²) < 4.78 is 0. The molecule has 0 saturated carbocycles. The van der Waals surface area contributed by atoms with Crippen LogP contribution in [0, 0.1) is 0 Å². The van der Waals surface area contributed by atoms with E-state index in [0.717, 1.165) is 23.4 Å². The third-order valence-corrected chi connectivity index (χ3v) is 2.07. The van der Waals surface area contributed by atoms with Gasteiger partial charge in [-0.05, 0) is 29.9 Å². The highest BCUT2D eigenvalue weighted by atomic mass is 32.1. The fourth-order valence-electron chi connectivity index (χ4n) is 1.22. The molecule has 1 aromatic rings. The summed E-state index contributed by atoms with van der Waals surface area (Å²) in [6.07, 6.45) is 5.05. The Hall–Kier alpha value is -1.22. The molecule has 0 spiro atoms. The lowest BCUT2D eigenvalue weighted by Crippen LogP contribution is -2.05. The van der Waals surface area contributed by atoms with E-state index < -0.39 is 0 Å². The second-order valence-corrected chi connectivity index (χ2v) is 3.67. The summed E-state index contributed by atoms with van der Waals surface area (Å²) in [5.74, 6) is 0.800. The maximum absolute atomic E-state index is 10.8. The lowest BCUT2D eigenvalue weighted by molar-refractivity contribution is -0.114. The maximum Gasteiger partial charge on any atom is 0.221 e. The van der Waals surface area contributed by atoms with Gasteiger partial charge in [-0.2, -0.15) is 12.6 Å². The second kappa shape index (κ2) is 6.30. The van der Waals surface area contributed by atoms with Crippen molar-refractivity contribution in [2.24, 2.45) is 0 Å². The summed E-state index contributed by atoms with van der Waals surface area (Å²) in [7, 11) is 0. The minimum Gasteiger partial charge on any atom is -0.326 e. The number of anilines is 1. The van der Waals surface area contributed by atoms with Crippen molar-refractivity contribution in [3.63, 3.8) is 0 Å². The van der Waals surface area contributed by atoms with Crippen LogP contribution in [0.15, 0.2) is 30.3 Å². The predicted octanol–water partition coefficient (Wildman–Crippen LogP) is 2.98.